The zero-order valence-corrected chi connectivity index (χ0v) is 10.6. The Morgan fingerprint density at radius 2 is 2.25 bits per heavy atom. The van der Waals surface area contributed by atoms with Crippen molar-refractivity contribution < 1.29 is 14.3 Å². The molecule has 0 aliphatic carbocycles. The molecule has 1 aromatic rings. The molecule has 4 nitrogen and oxygen atoms in total. The van der Waals surface area contributed by atoms with Gasteiger partial charge in [-0.2, -0.15) is 11.8 Å². The topological polar surface area (TPSA) is 62.5 Å². The number of carbonyl (C=O) groups excluding carboxylic acids is 1. The number of aliphatic hydroxyl groups is 1. The molecule has 5 heteroatoms. The number of hydrogen-bond donors (Lipinski definition) is 2. The first-order valence-corrected chi connectivity index (χ1v) is 6.39. The van der Waals surface area contributed by atoms with Gasteiger partial charge in [0.15, 0.2) is 5.76 Å². The smallest absolute Gasteiger partial charge is 0.287 e. The summed E-state index contributed by atoms with van der Waals surface area (Å²) >= 11 is 1.63. The van der Waals surface area contributed by atoms with E-state index in [9.17, 15) is 4.79 Å². The van der Waals surface area contributed by atoms with Crippen LogP contribution in [0.15, 0.2) is 16.5 Å². The minimum absolute atomic E-state index is 0.114. The first kappa shape index (κ1) is 13.1. The minimum atomic E-state index is -0.635. The van der Waals surface area contributed by atoms with Crippen molar-refractivity contribution in [3.05, 3.63) is 23.7 Å². The van der Waals surface area contributed by atoms with E-state index in [1.54, 1.807) is 37.7 Å². The van der Waals surface area contributed by atoms with Crippen LogP contribution in [0.1, 0.15) is 30.2 Å². The van der Waals surface area contributed by atoms with Crippen LogP contribution in [-0.4, -0.2) is 29.4 Å². The van der Waals surface area contributed by atoms with Gasteiger partial charge in [0, 0.05) is 0 Å². The van der Waals surface area contributed by atoms with Gasteiger partial charge in [-0.3, -0.25) is 4.79 Å². The molecular weight excluding hydrogens is 226 g/mol. The number of amides is 1. The van der Waals surface area contributed by atoms with Crippen LogP contribution in [0.5, 0.6) is 0 Å². The van der Waals surface area contributed by atoms with E-state index in [4.69, 9.17) is 9.52 Å². The standard InChI is InChI=1S/C11H17NO3S/c1-11(2,7-13)12-10(14)9-5-4-8(15-9)6-16-3/h4-5,13H,6-7H2,1-3H3,(H,12,14). The summed E-state index contributed by atoms with van der Waals surface area (Å²) in [5.41, 5.74) is -0.635. The van der Waals surface area contributed by atoms with Gasteiger partial charge in [-0.05, 0) is 32.2 Å². The Hall–Kier alpha value is -0.940. The van der Waals surface area contributed by atoms with E-state index >= 15 is 0 Å². The van der Waals surface area contributed by atoms with Crippen LogP contribution in [0.2, 0.25) is 0 Å². The third-order valence-corrected chi connectivity index (χ3v) is 2.59. The fraction of sp³-hybridized carbons (Fsp3) is 0.545. The van der Waals surface area contributed by atoms with Crippen molar-refractivity contribution in [2.45, 2.75) is 25.1 Å². The van der Waals surface area contributed by atoms with Crippen molar-refractivity contribution in [3.63, 3.8) is 0 Å². The van der Waals surface area contributed by atoms with Crippen LogP contribution in [0.3, 0.4) is 0 Å². The second kappa shape index (κ2) is 5.41. The molecule has 0 aliphatic rings. The predicted octanol–water partition coefficient (Wildman–Crippen LogP) is 1.64. The van der Waals surface area contributed by atoms with Gasteiger partial charge in [-0.25, -0.2) is 0 Å². The number of rotatable bonds is 5. The average Bonchev–Trinajstić information content (AvgIpc) is 2.66. The average molecular weight is 243 g/mol. The summed E-state index contributed by atoms with van der Waals surface area (Å²) in [5.74, 6) is 1.51. The molecule has 90 valence electrons. The first-order chi connectivity index (χ1) is 7.48. The van der Waals surface area contributed by atoms with Crippen molar-refractivity contribution in [1.82, 2.24) is 5.32 Å². The molecule has 0 atom stereocenters. The molecule has 1 aromatic heterocycles. The summed E-state index contributed by atoms with van der Waals surface area (Å²) in [6.45, 7) is 3.38. The maximum absolute atomic E-state index is 11.7. The highest BCUT2D eigenvalue weighted by molar-refractivity contribution is 7.97. The van der Waals surface area contributed by atoms with Gasteiger partial charge in [0.25, 0.3) is 5.91 Å². The molecule has 0 saturated heterocycles. The molecule has 1 amide bonds. The fourth-order valence-electron chi connectivity index (χ4n) is 1.13. The molecule has 2 N–H and O–H groups in total. The van der Waals surface area contributed by atoms with Crippen molar-refractivity contribution in [2.75, 3.05) is 12.9 Å². The lowest BCUT2D eigenvalue weighted by molar-refractivity contribution is 0.0840. The fourth-order valence-corrected chi connectivity index (χ4v) is 1.57. The number of furan rings is 1. The molecule has 0 fully saturated rings. The lowest BCUT2D eigenvalue weighted by Gasteiger charge is -2.22. The second-order valence-corrected chi connectivity index (χ2v) is 5.06. The van der Waals surface area contributed by atoms with E-state index in [1.165, 1.54) is 0 Å². The number of hydrogen-bond acceptors (Lipinski definition) is 4. The Kier molecular flexibility index (Phi) is 4.44. The Morgan fingerprint density at radius 3 is 2.81 bits per heavy atom. The van der Waals surface area contributed by atoms with Gasteiger partial charge in [0.2, 0.25) is 0 Å². The molecular formula is C11H17NO3S. The maximum atomic E-state index is 11.7. The van der Waals surface area contributed by atoms with Crippen LogP contribution in [0.25, 0.3) is 0 Å². The van der Waals surface area contributed by atoms with E-state index < -0.39 is 5.54 Å². The molecule has 16 heavy (non-hydrogen) atoms. The highest BCUT2D eigenvalue weighted by Gasteiger charge is 2.21. The van der Waals surface area contributed by atoms with Crippen LogP contribution in [0, 0.1) is 0 Å². The van der Waals surface area contributed by atoms with Crippen molar-refractivity contribution in [3.8, 4) is 0 Å². The highest BCUT2D eigenvalue weighted by atomic mass is 32.2. The Labute approximate surface area is 99.4 Å². The Balaban J connectivity index is 2.66. The van der Waals surface area contributed by atoms with E-state index in [0.29, 0.717) is 0 Å². The second-order valence-electron chi connectivity index (χ2n) is 4.20. The van der Waals surface area contributed by atoms with Crippen LogP contribution in [-0.2, 0) is 5.75 Å². The van der Waals surface area contributed by atoms with E-state index in [1.807, 2.05) is 6.26 Å². The monoisotopic (exact) mass is 243 g/mol. The lowest BCUT2D eigenvalue weighted by atomic mass is 10.1. The SMILES string of the molecule is CSCc1ccc(C(=O)NC(C)(C)CO)o1. The zero-order chi connectivity index (χ0) is 12.2. The third-order valence-electron chi connectivity index (χ3n) is 2.02. The molecule has 0 unspecified atom stereocenters. The molecule has 0 aliphatic heterocycles. The number of carbonyl (C=O) groups is 1. The summed E-state index contributed by atoms with van der Waals surface area (Å²) in [7, 11) is 0. The summed E-state index contributed by atoms with van der Waals surface area (Å²) in [4.78, 5) is 11.7. The quantitative estimate of drug-likeness (QED) is 0.825. The summed E-state index contributed by atoms with van der Waals surface area (Å²) in [6, 6.07) is 3.44. The Bertz CT molecular complexity index is 360. The van der Waals surface area contributed by atoms with Gasteiger partial charge in [-0.1, -0.05) is 0 Å². The first-order valence-electron chi connectivity index (χ1n) is 4.99. The largest absolute Gasteiger partial charge is 0.455 e. The molecule has 0 spiro atoms. The molecule has 1 rings (SSSR count). The molecule has 0 bridgehead atoms. The molecule has 0 saturated carbocycles. The number of nitrogens with one attached hydrogen (secondary N) is 1. The Morgan fingerprint density at radius 1 is 1.56 bits per heavy atom. The van der Waals surface area contributed by atoms with Crippen LogP contribution < -0.4 is 5.32 Å². The van der Waals surface area contributed by atoms with E-state index in [-0.39, 0.29) is 18.3 Å². The van der Waals surface area contributed by atoms with Crippen LogP contribution in [0.4, 0.5) is 0 Å². The normalized spacial score (nSPS) is 11.5. The summed E-state index contributed by atoms with van der Waals surface area (Å²) < 4.78 is 5.36. The molecule has 0 aromatic carbocycles. The van der Waals surface area contributed by atoms with Crippen molar-refractivity contribution >= 4 is 17.7 Å². The van der Waals surface area contributed by atoms with E-state index in [2.05, 4.69) is 5.32 Å². The van der Waals surface area contributed by atoms with Gasteiger partial charge in [-0.15, -0.1) is 0 Å². The van der Waals surface area contributed by atoms with E-state index in [0.717, 1.165) is 11.5 Å². The predicted molar refractivity (Wildman–Crippen MR) is 64.6 cm³/mol. The van der Waals surface area contributed by atoms with Gasteiger partial charge < -0.3 is 14.8 Å². The van der Waals surface area contributed by atoms with Gasteiger partial charge in [0.1, 0.15) is 5.76 Å². The van der Waals surface area contributed by atoms with Crippen molar-refractivity contribution in [2.24, 2.45) is 0 Å². The van der Waals surface area contributed by atoms with Gasteiger partial charge in [0.05, 0.1) is 17.9 Å². The maximum Gasteiger partial charge on any atom is 0.287 e. The minimum Gasteiger partial charge on any atom is -0.455 e. The number of aliphatic hydroxyl groups excluding tert-OH is 1. The summed E-state index contributed by atoms with van der Waals surface area (Å²) in [6.07, 6.45) is 1.97. The molecule has 0 radical (unpaired) electrons. The van der Waals surface area contributed by atoms with Crippen molar-refractivity contribution in [1.29, 1.82) is 0 Å². The van der Waals surface area contributed by atoms with Gasteiger partial charge >= 0.3 is 0 Å². The highest BCUT2D eigenvalue weighted by Crippen LogP contribution is 2.14. The third kappa shape index (κ3) is 3.57. The van der Waals surface area contributed by atoms with Crippen LogP contribution >= 0.6 is 11.8 Å². The summed E-state index contributed by atoms with van der Waals surface area (Å²) in [5, 5.41) is 11.7. The lowest BCUT2D eigenvalue weighted by Crippen LogP contribution is -2.46. The molecule has 1 heterocycles. The number of thioether (sulfide) groups is 1. The zero-order valence-electron chi connectivity index (χ0n) is 9.74.